The Balaban J connectivity index is 1.22. The van der Waals surface area contributed by atoms with Crippen LogP contribution in [0.2, 0.25) is 0 Å². The molecule has 0 aromatic heterocycles. The molecule has 0 atom stereocenters. The van der Waals surface area contributed by atoms with Crippen molar-refractivity contribution in [3.8, 4) is 46.7 Å². The fraction of sp³-hybridized carbons (Fsp3) is 0.302. The summed E-state index contributed by atoms with van der Waals surface area (Å²) >= 11 is 0. The fourth-order valence-electron chi connectivity index (χ4n) is 5.72. The number of unbranched alkanes of at least 4 members (excludes halogenated alkanes) is 2. The lowest BCUT2D eigenvalue weighted by Gasteiger charge is -2.20. The second-order valence-corrected chi connectivity index (χ2v) is 13.5. The molecule has 0 N–H and O–H groups in total. The highest BCUT2D eigenvalue weighted by molar-refractivity contribution is 5.44. The van der Waals surface area contributed by atoms with E-state index in [1.54, 1.807) is 6.08 Å². The number of halogens is 18. The van der Waals surface area contributed by atoms with Crippen molar-refractivity contribution >= 4 is 0 Å². The molecule has 0 aliphatic carbocycles. The van der Waals surface area contributed by atoms with Gasteiger partial charge in [-0.15, -0.1) is 6.58 Å². The number of allylic oxidation sites excluding steroid dienone is 1. The van der Waals surface area contributed by atoms with Gasteiger partial charge in [0.1, 0.15) is 80.7 Å². The molecule has 0 spiro atoms. The van der Waals surface area contributed by atoms with Crippen molar-refractivity contribution in [1.29, 1.82) is 0 Å². The molecule has 0 unspecified atom stereocenters. The van der Waals surface area contributed by atoms with E-state index >= 15 is 0 Å². The Hall–Kier alpha value is -6.32. The number of ether oxygens (including phenoxy) is 4. The third-order valence-corrected chi connectivity index (χ3v) is 8.60. The lowest BCUT2D eigenvalue weighted by molar-refractivity contribution is -0.190. The molecule has 350 valence electrons. The van der Waals surface area contributed by atoms with Crippen molar-refractivity contribution < 1.29 is 98.0 Å². The average molecular weight is 951 g/mol. The van der Waals surface area contributed by atoms with Crippen molar-refractivity contribution in [2.75, 3.05) is 13.2 Å². The van der Waals surface area contributed by atoms with Gasteiger partial charge in [0.15, 0.2) is 0 Å². The van der Waals surface area contributed by atoms with Crippen molar-refractivity contribution in [3.05, 3.63) is 130 Å². The van der Waals surface area contributed by atoms with Gasteiger partial charge in [0.05, 0.1) is 24.3 Å². The first-order valence-electron chi connectivity index (χ1n) is 18.4. The molecule has 65 heavy (non-hydrogen) atoms. The van der Waals surface area contributed by atoms with Gasteiger partial charge in [-0.05, 0) is 44.4 Å². The first kappa shape index (κ1) is 51.3. The van der Waals surface area contributed by atoms with E-state index in [2.05, 4.69) is 16.1 Å². The molecule has 0 aliphatic rings. The molecule has 4 aromatic rings. The van der Waals surface area contributed by atoms with Gasteiger partial charge in [0, 0.05) is 60.4 Å². The van der Waals surface area contributed by atoms with Gasteiger partial charge in [0.25, 0.3) is 0 Å². The maximum absolute atomic E-state index is 14.8. The maximum atomic E-state index is 14.8. The quantitative estimate of drug-likeness (QED) is 0.0406. The zero-order valence-corrected chi connectivity index (χ0v) is 32.6. The van der Waals surface area contributed by atoms with Crippen LogP contribution >= 0.6 is 0 Å². The molecule has 0 saturated heterocycles. The Morgan fingerprint density at radius 2 is 0.738 bits per heavy atom. The van der Waals surface area contributed by atoms with Crippen LogP contribution in [-0.2, 0) is 12.2 Å². The van der Waals surface area contributed by atoms with Crippen LogP contribution in [-0.4, -0.2) is 25.6 Å². The predicted octanol–water partition coefficient (Wildman–Crippen LogP) is 13.5. The van der Waals surface area contributed by atoms with E-state index < -0.39 is 116 Å². The second-order valence-electron chi connectivity index (χ2n) is 13.5. The summed E-state index contributed by atoms with van der Waals surface area (Å²) in [7, 11) is 0. The molecule has 22 heteroatoms. The summed E-state index contributed by atoms with van der Waals surface area (Å²) in [4.78, 5) is 0. The molecule has 0 amide bonds. The van der Waals surface area contributed by atoms with E-state index in [4.69, 9.17) is 9.47 Å². The van der Waals surface area contributed by atoms with Crippen LogP contribution in [0.15, 0.2) is 61.2 Å². The van der Waals surface area contributed by atoms with Gasteiger partial charge in [-0.2, -0.15) is 43.9 Å². The van der Waals surface area contributed by atoms with Gasteiger partial charge in [-0.3, -0.25) is 0 Å². The summed E-state index contributed by atoms with van der Waals surface area (Å²) in [6, 6.07) is 1.74. The van der Waals surface area contributed by atoms with Crippen molar-refractivity contribution in [2.45, 2.75) is 63.1 Å². The number of rotatable bonds is 19. The van der Waals surface area contributed by atoms with E-state index in [0.29, 0.717) is 61.8 Å². The smallest absolute Gasteiger partial charge is 0.458 e. The minimum Gasteiger partial charge on any atom is -0.493 e. The topological polar surface area (TPSA) is 36.9 Å². The fourth-order valence-corrected chi connectivity index (χ4v) is 5.72. The Labute approximate surface area is 356 Å². The van der Waals surface area contributed by atoms with Crippen LogP contribution in [0.25, 0.3) is 0 Å². The minimum absolute atomic E-state index is 0.0428. The molecule has 4 aromatic carbocycles. The standard InChI is InChI=1S/C43H28F18O4/c1-2-23(7-3-5-13-62-24-15-34(48)38(35(49)16-24)42(58,59)64-26-19-30(44)28(31(45)20-26)9-11-40(52,53)54)8-4-6-14-63-25-17-36(50)39(37(51)18-25)43(60,61)65-27-21-32(46)29(33(47)22-27)10-12-41(55,56)57/h2,15-23H,1,3-8,13-14H2. The number of alkyl halides is 10. The molecule has 0 heterocycles. The third-order valence-electron chi connectivity index (χ3n) is 8.60. The third kappa shape index (κ3) is 14.9. The van der Waals surface area contributed by atoms with Gasteiger partial charge in [-0.25, -0.2) is 35.1 Å². The number of hydrogen-bond acceptors (Lipinski definition) is 4. The van der Waals surface area contributed by atoms with Crippen LogP contribution in [0.5, 0.6) is 23.0 Å². The van der Waals surface area contributed by atoms with Crippen LogP contribution < -0.4 is 18.9 Å². The molecule has 4 rings (SSSR count). The summed E-state index contributed by atoms with van der Waals surface area (Å²) in [6.45, 7) is 3.43. The van der Waals surface area contributed by atoms with Crippen LogP contribution in [0, 0.1) is 76.1 Å². The van der Waals surface area contributed by atoms with Crippen molar-refractivity contribution in [1.82, 2.24) is 0 Å². The van der Waals surface area contributed by atoms with Crippen LogP contribution in [0.1, 0.15) is 60.8 Å². The van der Waals surface area contributed by atoms with Crippen LogP contribution in [0.4, 0.5) is 79.0 Å². The van der Waals surface area contributed by atoms with Gasteiger partial charge in [-0.1, -0.05) is 17.9 Å². The molecule has 0 saturated carbocycles. The lowest BCUT2D eigenvalue weighted by atomic mass is 9.96. The highest BCUT2D eigenvalue weighted by Crippen LogP contribution is 2.39. The van der Waals surface area contributed by atoms with Crippen molar-refractivity contribution in [2.24, 2.45) is 5.92 Å². The van der Waals surface area contributed by atoms with E-state index in [1.807, 2.05) is 0 Å². The second kappa shape index (κ2) is 21.1. The molecule has 0 bridgehead atoms. The monoisotopic (exact) mass is 950 g/mol. The first-order valence-corrected chi connectivity index (χ1v) is 18.4. The molecular weight excluding hydrogens is 922 g/mol. The number of benzene rings is 4. The van der Waals surface area contributed by atoms with E-state index in [-0.39, 0.29) is 56.2 Å². The van der Waals surface area contributed by atoms with E-state index in [9.17, 15) is 79.0 Å². The Bertz CT molecular complexity index is 2220. The largest absolute Gasteiger partial charge is 0.493 e. The van der Waals surface area contributed by atoms with E-state index in [0.717, 1.165) is 11.8 Å². The zero-order valence-electron chi connectivity index (χ0n) is 32.6. The SMILES string of the molecule is C=CC(CCCCOc1cc(F)c(C(F)(F)Oc2cc(F)c(C#CC(F)(F)F)c(F)c2)c(F)c1)CCCCOc1cc(F)c(C(F)(F)Oc2cc(F)c(C#CC(F)(F)F)c(F)c2)c(F)c1. The Kier molecular flexibility index (Phi) is 16.7. The van der Waals surface area contributed by atoms with Crippen molar-refractivity contribution in [3.63, 3.8) is 0 Å². The minimum atomic E-state index is -5.13. The summed E-state index contributed by atoms with van der Waals surface area (Å²) in [5, 5.41) is 0. The highest BCUT2D eigenvalue weighted by Gasteiger charge is 2.43. The molecule has 0 radical (unpaired) electrons. The number of hydrogen-bond donors (Lipinski definition) is 0. The Morgan fingerprint density at radius 1 is 0.446 bits per heavy atom. The van der Waals surface area contributed by atoms with E-state index in [1.165, 1.54) is 0 Å². The summed E-state index contributed by atoms with van der Waals surface area (Å²) in [5.41, 5.74) is -6.79. The van der Waals surface area contributed by atoms with Gasteiger partial charge >= 0.3 is 24.6 Å². The molecule has 0 aliphatic heterocycles. The predicted molar refractivity (Wildman–Crippen MR) is 193 cm³/mol. The molecular formula is C43H28F18O4. The summed E-state index contributed by atoms with van der Waals surface area (Å²) < 4.78 is 267. The Morgan fingerprint density at radius 3 is 1.02 bits per heavy atom. The summed E-state index contributed by atoms with van der Waals surface area (Å²) in [5.74, 6) is -15.1. The molecule has 0 fully saturated rings. The maximum Gasteiger partial charge on any atom is 0.458 e. The zero-order chi connectivity index (χ0) is 48.5. The van der Waals surface area contributed by atoms with Crippen LogP contribution in [0.3, 0.4) is 0 Å². The van der Waals surface area contributed by atoms with Gasteiger partial charge < -0.3 is 18.9 Å². The summed E-state index contributed by atoms with van der Waals surface area (Å²) in [6.07, 6.45) is -15.9. The normalized spacial score (nSPS) is 12.0. The average Bonchev–Trinajstić information content (AvgIpc) is 3.14. The van der Waals surface area contributed by atoms with Gasteiger partial charge in [0.2, 0.25) is 0 Å². The molecule has 4 nitrogen and oxygen atoms in total. The lowest BCUT2D eigenvalue weighted by Crippen LogP contribution is -2.25. The first-order chi connectivity index (χ1) is 30.2. The highest BCUT2D eigenvalue weighted by atomic mass is 19.4.